The van der Waals surface area contributed by atoms with Crippen molar-refractivity contribution in [2.45, 2.75) is 0 Å². The van der Waals surface area contributed by atoms with E-state index in [1.807, 2.05) is 0 Å². The van der Waals surface area contributed by atoms with E-state index in [1.54, 1.807) is 0 Å². The molecule has 1 aromatic heterocycles. The Kier molecular flexibility index (Phi) is 3.43. The first kappa shape index (κ1) is 12.3. The van der Waals surface area contributed by atoms with Crippen molar-refractivity contribution in [3.63, 3.8) is 0 Å². The molecule has 2 aromatic rings. The van der Waals surface area contributed by atoms with Gasteiger partial charge in [0.1, 0.15) is 5.82 Å². The van der Waals surface area contributed by atoms with Gasteiger partial charge in [0.05, 0.1) is 28.2 Å². The molecule has 0 unspecified atom stereocenters. The zero-order valence-electron chi connectivity index (χ0n) is 9.15. The van der Waals surface area contributed by atoms with Crippen LogP contribution in [0.1, 0.15) is 10.4 Å². The van der Waals surface area contributed by atoms with Crippen LogP contribution in [0.4, 0.5) is 15.8 Å². The number of nitrogens with zero attached hydrogens (tertiary/aromatic N) is 1. The second kappa shape index (κ2) is 5.01. The average Bonchev–Trinajstić information content (AvgIpc) is 2.32. The fourth-order valence-electron chi connectivity index (χ4n) is 1.42. The Morgan fingerprint density at radius 3 is 2.83 bits per heavy atom. The Bertz CT molecular complexity index is 583. The number of pyridine rings is 1. The smallest absolute Gasteiger partial charge is 0.260 e. The van der Waals surface area contributed by atoms with Crippen molar-refractivity contribution in [3.8, 4) is 0 Å². The van der Waals surface area contributed by atoms with E-state index in [0.29, 0.717) is 11.4 Å². The van der Waals surface area contributed by atoms with Crippen LogP contribution < -0.4 is 11.1 Å². The van der Waals surface area contributed by atoms with E-state index in [9.17, 15) is 9.18 Å². The number of rotatable bonds is 2. The Hall–Kier alpha value is -2.14. The fraction of sp³-hybridized carbons (Fsp3) is 0. The van der Waals surface area contributed by atoms with Gasteiger partial charge < -0.3 is 11.1 Å². The summed E-state index contributed by atoms with van der Waals surface area (Å²) in [6.45, 7) is 0. The van der Waals surface area contributed by atoms with Crippen molar-refractivity contribution in [2.24, 2.45) is 0 Å². The molecule has 0 atom stereocenters. The Morgan fingerprint density at radius 2 is 2.17 bits per heavy atom. The predicted molar refractivity (Wildman–Crippen MR) is 68.0 cm³/mol. The first-order valence-electron chi connectivity index (χ1n) is 5.04. The minimum absolute atomic E-state index is 0.0418. The van der Waals surface area contributed by atoms with Crippen LogP contribution in [0.15, 0.2) is 36.7 Å². The van der Waals surface area contributed by atoms with Crippen molar-refractivity contribution in [3.05, 3.63) is 53.1 Å². The molecule has 2 rings (SSSR count). The summed E-state index contributed by atoms with van der Waals surface area (Å²) in [6, 6.07) is 5.55. The van der Waals surface area contributed by atoms with E-state index >= 15 is 0 Å². The molecule has 1 aromatic carbocycles. The van der Waals surface area contributed by atoms with Gasteiger partial charge >= 0.3 is 0 Å². The Labute approximate surface area is 108 Å². The van der Waals surface area contributed by atoms with Crippen molar-refractivity contribution >= 4 is 28.9 Å². The fourth-order valence-corrected chi connectivity index (χ4v) is 1.67. The first-order valence-corrected chi connectivity index (χ1v) is 5.42. The van der Waals surface area contributed by atoms with Crippen molar-refractivity contribution in [1.82, 2.24) is 4.98 Å². The number of carbonyl (C=O) groups is 1. The SMILES string of the molecule is Nc1cnccc1NC(=O)c1c(F)cccc1Cl. The van der Waals surface area contributed by atoms with Crippen LogP contribution in [0.2, 0.25) is 5.02 Å². The summed E-state index contributed by atoms with van der Waals surface area (Å²) in [5, 5.41) is 2.52. The van der Waals surface area contributed by atoms with Gasteiger partial charge in [-0.05, 0) is 18.2 Å². The summed E-state index contributed by atoms with van der Waals surface area (Å²) >= 11 is 5.79. The molecule has 0 bridgehead atoms. The van der Waals surface area contributed by atoms with Crippen LogP contribution in [0.25, 0.3) is 0 Å². The molecule has 18 heavy (non-hydrogen) atoms. The van der Waals surface area contributed by atoms with Gasteiger partial charge in [-0.25, -0.2) is 4.39 Å². The number of benzene rings is 1. The lowest BCUT2D eigenvalue weighted by Gasteiger charge is -2.09. The number of hydrogen-bond acceptors (Lipinski definition) is 3. The van der Waals surface area contributed by atoms with E-state index < -0.39 is 11.7 Å². The van der Waals surface area contributed by atoms with E-state index in [0.717, 1.165) is 6.07 Å². The Morgan fingerprint density at radius 1 is 1.39 bits per heavy atom. The quantitative estimate of drug-likeness (QED) is 0.877. The van der Waals surface area contributed by atoms with E-state index in [2.05, 4.69) is 10.3 Å². The molecule has 0 saturated carbocycles. The standard InChI is InChI=1S/C12H9ClFN3O/c13-7-2-1-3-8(14)11(7)12(18)17-10-4-5-16-6-9(10)15/h1-6H,15H2,(H,16,17,18). The maximum absolute atomic E-state index is 13.5. The van der Waals surface area contributed by atoms with Gasteiger partial charge in [-0.2, -0.15) is 0 Å². The van der Waals surface area contributed by atoms with Gasteiger partial charge in [0.15, 0.2) is 0 Å². The van der Waals surface area contributed by atoms with Gasteiger partial charge in [-0.3, -0.25) is 9.78 Å². The number of nitrogen functional groups attached to an aromatic ring is 1. The summed E-state index contributed by atoms with van der Waals surface area (Å²) in [6.07, 6.45) is 2.85. The van der Waals surface area contributed by atoms with E-state index in [4.69, 9.17) is 17.3 Å². The molecular formula is C12H9ClFN3O. The van der Waals surface area contributed by atoms with Gasteiger partial charge in [0, 0.05) is 6.20 Å². The molecule has 0 radical (unpaired) electrons. The summed E-state index contributed by atoms with van der Waals surface area (Å²) < 4.78 is 13.5. The molecule has 0 aliphatic carbocycles. The largest absolute Gasteiger partial charge is 0.396 e. The second-order valence-corrected chi connectivity index (χ2v) is 3.92. The number of anilines is 2. The molecule has 0 aliphatic heterocycles. The highest BCUT2D eigenvalue weighted by Gasteiger charge is 2.16. The second-order valence-electron chi connectivity index (χ2n) is 3.51. The van der Waals surface area contributed by atoms with Crippen LogP contribution >= 0.6 is 11.6 Å². The summed E-state index contributed by atoms with van der Waals surface area (Å²) in [5.41, 5.74) is 6.05. The van der Waals surface area contributed by atoms with Crippen molar-refractivity contribution < 1.29 is 9.18 Å². The number of amides is 1. The normalized spacial score (nSPS) is 10.1. The van der Waals surface area contributed by atoms with Crippen molar-refractivity contribution in [2.75, 3.05) is 11.1 Å². The highest BCUT2D eigenvalue weighted by atomic mass is 35.5. The lowest BCUT2D eigenvalue weighted by Crippen LogP contribution is -2.15. The highest BCUT2D eigenvalue weighted by Crippen LogP contribution is 2.22. The van der Waals surface area contributed by atoms with Crippen molar-refractivity contribution in [1.29, 1.82) is 0 Å². The topological polar surface area (TPSA) is 68.0 Å². The molecule has 0 fully saturated rings. The molecule has 6 heteroatoms. The third kappa shape index (κ3) is 2.41. The molecule has 4 nitrogen and oxygen atoms in total. The zero-order chi connectivity index (χ0) is 13.1. The van der Waals surface area contributed by atoms with E-state index in [-0.39, 0.29) is 10.6 Å². The van der Waals surface area contributed by atoms with Crippen LogP contribution in [-0.2, 0) is 0 Å². The third-order valence-corrected chi connectivity index (χ3v) is 2.60. The van der Waals surface area contributed by atoms with Crippen LogP contribution in [-0.4, -0.2) is 10.9 Å². The van der Waals surface area contributed by atoms with Gasteiger partial charge in [-0.15, -0.1) is 0 Å². The van der Waals surface area contributed by atoms with Gasteiger partial charge in [0.25, 0.3) is 5.91 Å². The molecule has 0 spiro atoms. The Balaban J connectivity index is 2.31. The zero-order valence-corrected chi connectivity index (χ0v) is 9.91. The van der Waals surface area contributed by atoms with Crippen LogP contribution in [0, 0.1) is 5.82 Å². The summed E-state index contributed by atoms with van der Waals surface area (Å²) in [7, 11) is 0. The molecule has 0 aliphatic rings. The number of hydrogen-bond donors (Lipinski definition) is 2. The first-order chi connectivity index (χ1) is 8.59. The van der Waals surface area contributed by atoms with Gasteiger partial charge in [-0.1, -0.05) is 17.7 Å². The van der Waals surface area contributed by atoms with Crippen LogP contribution in [0.3, 0.4) is 0 Å². The summed E-state index contributed by atoms with van der Waals surface area (Å²) in [4.78, 5) is 15.7. The number of nitrogens with two attached hydrogens (primary N) is 1. The molecule has 3 N–H and O–H groups in total. The maximum Gasteiger partial charge on any atom is 0.260 e. The molecule has 1 amide bonds. The highest BCUT2D eigenvalue weighted by molar-refractivity contribution is 6.34. The minimum atomic E-state index is -0.687. The number of aromatic nitrogens is 1. The van der Waals surface area contributed by atoms with E-state index in [1.165, 1.54) is 30.6 Å². The lowest BCUT2D eigenvalue weighted by molar-refractivity contribution is 0.102. The average molecular weight is 266 g/mol. The van der Waals surface area contributed by atoms with Crippen LogP contribution in [0.5, 0.6) is 0 Å². The van der Waals surface area contributed by atoms with Gasteiger partial charge in [0.2, 0.25) is 0 Å². The monoisotopic (exact) mass is 265 g/mol. The predicted octanol–water partition coefficient (Wildman–Crippen LogP) is 2.71. The third-order valence-electron chi connectivity index (χ3n) is 2.29. The lowest BCUT2D eigenvalue weighted by atomic mass is 10.2. The summed E-state index contributed by atoms with van der Waals surface area (Å²) in [5.74, 6) is -1.34. The molecule has 0 saturated heterocycles. The molecular weight excluding hydrogens is 257 g/mol. The minimum Gasteiger partial charge on any atom is -0.396 e. The molecule has 1 heterocycles. The number of nitrogens with one attached hydrogen (secondary N) is 1. The number of halogens is 2. The maximum atomic E-state index is 13.5. The number of carbonyl (C=O) groups excluding carboxylic acids is 1. The molecule has 92 valence electrons.